The van der Waals surface area contributed by atoms with Gasteiger partial charge in [-0.25, -0.2) is 22.5 Å². The number of urea groups is 1. The van der Waals surface area contributed by atoms with E-state index in [1.54, 1.807) is 25.1 Å². The number of benzene rings is 3. The molecule has 0 radical (unpaired) electrons. The van der Waals surface area contributed by atoms with Gasteiger partial charge in [-0.2, -0.15) is 17.0 Å². The van der Waals surface area contributed by atoms with Crippen LogP contribution >= 0.6 is 0 Å². The first-order valence-corrected chi connectivity index (χ1v) is 48.5. The van der Waals surface area contributed by atoms with E-state index >= 15 is 0 Å². The molecule has 5 fully saturated rings. The van der Waals surface area contributed by atoms with E-state index in [1.807, 2.05) is 224 Å². The highest BCUT2D eigenvalue weighted by atomic mass is 32.2. The summed E-state index contributed by atoms with van der Waals surface area (Å²) >= 11 is 0. The molecule has 1 aliphatic carbocycles. The zero-order valence-electron chi connectivity index (χ0n) is 85.4. The van der Waals surface area contributed by atoms with Crippen LogP contribution < -0.4 is 5.43 Å². The highest BCUT2D eigenvalue weighted by Crippen LogP contribution is 2.40. The van der Waals surface area contributed by atoms with E-state index in [4.69, 9.17) is 4.42 Å². The minimum Gasteiger partial charge on any atom is -0.461 e. The Hall–Kier alpha value is -6.39. The minimum absolute atomic E-state index is 0.0159. The Bertz CT molecular complexity index is 4290. The van der Waals surface area contributed by atoms with Crippen LogP contribution in [0.5, 0.6) is 0 Å². The Kier molecular flexibility index (Phi) is 57.2. The molecule has 0 spiro atoms. The molecule has 3 aromatic carbocycles. The highest BCUT2D eigenvalue weighted by Gasteiger charge is 2.40. The molecule has 2 unspecified atom stereocenters. The van der Waals surface area contributed by atoms with Crippen LogP contribution in [0.15, 0.2) is 131 Å². The normalized spacial score (nSPS) is 16.7. The van der Waals surface area contributed by atoms with Crippen LogP contribution in [0.1, 0.15) is 306 Å². The fraction of sp³-hybridized carbons (Fsp3) is 0.670. The van der Waals surface area contributed by atoms with Crippen LogP contribution in [0.25, 0.3) is 43.8 Å². The number of fused-ring (bicyclic) bond motifs is 5. The van der Waals surface area contributed by atoms with E-state index < -0.39 is 20.2 Å². The van der Waals surface area contributed by atoms with E-state index in [1.165, 1.54) is 72.6 Å². The van der Waals surface area contributed by atoms with Crippen molar-refractivity contribution in [2.75, 3.05) is 79.4 Å². The number of carbonyl (C=O) groups is 1. The third-order valence-corrected chi connectivity index (χ3v) is 23.4. The summed E-state index contributed by atoms with van der Waals surface area (Å²) in [7, 11) is 5.10. The second kappa shape index (κ2) is 57.2. The van der Waals surface area contributed by atoms with E-state index in [-0.39, 0.29) is 50.7 Å². The quantitative estimate of drug-likeness (QED) is 0.154. The molecule has 692 valence electrons. The van der Waals surface area contributed by atoms with Gasteiger partial charge in [0.25, 0.3) is 10.2 Å². The maximum absolute atomic E-state index is 12.0. The van der Waals surface area contributed by atoms with Crippen molar-refractivity contribution in [2.45, 2.75) is 328 Å². The second-order valence-electron chi connectivity index (χ2n) is 35.7. The number of aromatic nitrogens is 4. The number of furan rings is 1. The summed E-state index contributed by atoms with van der Waals surface area (Å²) in [5.74, 6) is 4.12. The Balaban J connectivity index is -0.000000622. The van der Waals surface area contributed by atoms with Gasteiger partial charge in [-0.15, -0.1) is 0 Å². The number of hydrogen-bond acceptors (Lipinski definition) is 10. The lowest BCUT2D eigenvalue weighted by Gasteiger charge is -2.40. The molecular weight excluding hydrogens is 1530 g/mol. The van der Waals surface area contributed by atoms with Crippen molar-refractivity contribution in [1.82, 2.24) is 51.2 Å². The molecule has 2 atom stereocenters. The van der Waals surface area contributed by atoms with E-state index in [0.717, 1.165) is 71.0 Å². The van der Waals surface area contributed by atoms with Gasteiger partial charge in [-0.05, 0) is 167 Å². The summed E-state index contributed by atoms with van der Waals surface area (Å²) in [4.78, 5) is 36.1. The first-order valence-electron chi connectivity index (χ1n) is 45.5. The van der Waals surface area contributed by atoms with Gasteiger partial charge in [-0.1, -0.05) is 249 Å². The van der Waals surface area contributed by atoms with Gasteiger partial charge in [0.15, 0.2) is 5.43 Å². The van der Waals surface area contributed by atoms with Gasteiger partial charge in [0.2, 0.25) is 10.0 Å². The van der Waals surface area contributed by atoms with Crippen molar-refractivity contribution in [3.8, 4) is 0 Å². The molecule has 13 rings (SSSR count). The standard InChI is InChI=1S/C14H17NO.C12H16N2.C12H14O.C11H21N.C9H9N.C8H18N2O2S.C8H16N2O.C6H14N2O2S.C4H10.8C2H6/c1-14(2,3)13-9-12(16)10-7-5-6-8-11(10)15(13)4;1-12(2,3)10-8-9-6-5-7-13-11(9)14(10)4;1-12(2,3)11-8-9-6-4-5-7-10(9)13-11;1-11(2,3)12-7-9-5-4-6-10(9)8-12;1-10-7-6-8-4-2-3-5-9(8)10;1-8(2,3)10-6-5-9(4)13(11,12)7-10;1-8(2,3)10-6-5-9(4)7(10)11;1-6(2)8-5-4-7(3)11(8,9)10;1-4(2)3;8*1-2/h5-9H,1-4H3;5-8H,1-4H3;4-8H,1-3H3;9-10H,4-8H2,1-3H3;2-7H,1H3;5-7H2,1-4H3;5-6H2,1-4H3;6H,4-5H2,1-3H3;4H,1-3H3;8*1-2H3. The van der Waals surface area contributed by atoms with Crippen molar-refractivity contribution in [3.63, 3.8) is 0 Å². The number of carbonyl (C=O) groups excluding carboxylic acids is 1. The SMILES string of the molecule is CC.CC.CC.CC.CC.CC.CC.CC.CC(C)(C)N1CC2CCCC2C1.CC(C)(C)c1cc2ccccc2o1.CC(C)C.CC(C)N1CCN(C)S1(=O)=O.CN1CCN(C(C)(C)C)C1=O.CN1CCN(C(C)(C)C)CS1(=O)=O.Cn1c(C(C)(C)C)cc(=O)c2ccccc21.Cn1c(C(C)(C)C)cc2cccnc21.Cn1ccc2ccccc21. The van der Waals surface area contributed by atoms with Crippen molar-refractivity contribution in [3.05, 3.63) is 149 Å². The van der Waals surface area contributed by atoms with Gasteiger partial charge in [0, 0.05) is 185 Å². The molecule has 2 amide bonds. The average Bonchev–Trinajstić information content (AvgIpc) is 1.27. The van der Waals surface area contributed by atoms with Gasteiger partial charge in [-0.3, -0.25) is 14.6 Å². The lowest BCUT2D eigenvalue weighted by atomic mass is 9.90. The third-order valence-electron chi connectivity index (χ3n) is 19.5. The molecule has 8 aromatic rings. The number of para-hydroxylation sites is 3. The number of amides is 2. The number of nitrogens with zero attached hydrogens (tertiary/aromatic N) is 11. The van der Waals surface area contributed by atoms with Crippen LogP contribution in [-0.2, 0) is 57.6 Å². The molecule has 120 heavy (non-hydrogen) atoms. The first kappa shape index (κ1) is 120. The zero-order valence-corrected chi connectivity index (χ0v) is 87.1. The summed E-state index contributed by atoms with van der Waals surface area (Å²) in [6.07, 6.45) is 8.40. The van der Waals surface area contributed by atoms with Gasteiger partial charge in [0.1, 0.15) is 22.9 Å². The molecule has 9 heterocycles. The van der Waals surface area contributed by atoms with Crippen LogP contribution in [0.2, 0.25) is 0 Å². The zero-order chi connectivity index (χ0) is 94.6. The molecule has 18 nitrogen and oxygen atoms in total. The second-order valence-corrected chi connectivity index (χ2v) is 39.7. The van der Waals surface area contributed by atoms with E-state index in [9.17, 15) is 26.4 Å². The number of hydrogen-bond donors (Lipinski definition) is 0. The van der Waals surface area contributed by atoms with Crippen LogP contribution in [-0.4, -0.2) is 176 Å². The fourth-order valence-electron chi connectivity index (χ4n) is 13.1. The van der Waals surface area contributed by atoms with Gasteiger partial charge < -0.3 is 27.9 Å². The minimum atomic E-state index is -3.10. The monoisotopic (exact) mass is 1710 g/mol. The Morgan fingerprint density at radius 2 is 0.883 bits per heavy atom. The molecule has 0 N–H and O–H groups in total. The first-order chi connectivity index (χ1) is 55.8. The third kappa shape index (κ3) is 39.2. The molecule has 4 saturated heterocycles. The van der Waals surface area contributed by atoms with Gasteiger partial charge in [0.05, 0.1) is 5.52 Å². The fourth-order valence-corrected chi connectivity index (χ4v) is 16.1. The predicted octanol–water partition coefficient (Wildman–Crippen LogP) is 25.4. The summed E-state index contributed by atoms with van der Waals surface area (Å²) in [5.41, 5.74) is 7.42. The molecule has 20 heteroatoms. The molecule has 4 aliphatic heterocycles. The number of likely N-dealkylation sites (N-methyl/N-ethyl adjacent to an activating group) is 3. The van der Waals surface area contributed by atoms with Crippen molar-refractivity contribution >= 4 is 70.1 Å². The number of rotatable bonds is 1. The number of sulfonamides is 1. The lowest BCUT2D eigenvalue weighted by molar-refractivity contribution is 0.140. The Morgan fingerprint density at radius 3 is 1.27 bits per heavy atom. The summed E-state index contributed by atoms with van der Waals surface area (Å²) in [6, 6.07) is 36.7. The van der Waals surface area contributed by atoms with Crippen molar-refractivity contribution in [1.29, 1.82) is 0 Å². The number of likely N-dealkylation sites (tertiary alicyclic amines) is 1. The molecular formula is C100H183N11O7S2. The average molecular weight is 1720 g/mol. The van der Waals surface area contributed by atoms with E-state index in [0.29, 0.717) is 25.2 Å². The molecule has 5 aromatic heterocycles. The maximum atomic E-state index is 12.0. The van der Waals surface area contributed by atoms with Crippen LogP contribution in [0, 0.1) is 17.8 Å². The summed E-state index contributed by atoms with van der Waals surface area (Å²) in [6.45, 7) is 88.2. The van der Waals surface area contributed by atoms with Crippen LogP contribution in [0.4, 0.5) is 4.79 Å². The topological polar surface area (TPSA) is 166 Å². The summed E-state index contributed by atoms with van der Waals surface area (Å²) < 4.78 is 62.3. The molecule has 1 saturated carbocycles. The van der Waals surface area contributed by atoms with Crippen molar-refractivity contribution < 1.29 is 26.0 Å². The van der Waals surface area contributed by atoms with Crippen molar-refractivity contribution in [2.24, 2.45) is 38.9 Å². The highest BCUT2D eigenvalue weighted by molar-refractivity contribution is 7.89. The Labute approximate surface area is 738 Å². The number of pyridine rings is 2. The maximum Gasteiger partial charge on any atom is 0.320 e. The molecule has 5 aliphatic rings. The van der Waals surface area contributed by atoms with Gasteiger partial charge >= 0.3 is 6.03 Å². The molecule has 0 bridgehead atoms. The van der Waals surface area contributed by atoms with E-state index in [2.05, 4.69) is 223 Å². The Morgan fingerprint density at radius 1 is 0.442 bits per heavy atom. The largest absolute Gasteiger partial charge is 0.461 e. The number of aryl methyl sites for hydroxylation is 3. The van der Waals surface area contributed by atoms with Crippen LogP contribution in [0.3, 0.4) is 0 Å². The predicted molar refractivity (Wildman–Crippen MR) is 529 cm³/mol. The smallest absolute Gasteiger partial charge is 0.320 e. The lowest BCUT2D eigenvalue weighted by Crippen LogP contribution is -2.54. The summed E-state index contributed by atoms with van der Waals surface area (Å²) in [5, 5.41) is 4.51.